The summed E-state index contributed by atoms with van der Waals surface area (Å²) in [6.45, 7) is 2.70. The van der Waals surface area contributed by atoms with Gasteiger partial charge in [0.15, 0.2) is 0 Å². The summed E-state index contributed by atoms with van der Waals surface area (Å²) in [4.78, 5) is 13.6. The van der Waals surface area contributed by atoms with Gasteiger partial charge >= 0.3 is 0 Å². The summed E-state index contributed by atoms with van der Waals surface area (Å²) in [6, 6.07) is 6.32. The molecular weight excluding hydrogens is 334 g/mol. The number of hydrogen-bond acceptors (Lipinski definition) is 4. The number of rotatable bonds is 1. The van der Waals surface area contributed by atoms with Gasteiger partial charge in [0.05, 0.1) is 26.9 Å². The molecule has 4 rings (SSSR count). The lowest BCUT2D eigenvalue weighted by molar-refractivity contribution is 1.09. The Bertz CT molecular complexity index is 867. The molecule has 2 aromatic heterocycles. The Balaban J connectivity index is 2.09. The molecule has 20 heavy (non-hydrogen) atoms. The second-order valence-electron chi connectivity index (χ2n) is 4.73. The highest BCUT2D eigenvalue weighted by molar-refractivity contribution is 9.10. The number of halogens is 1. The Hall–Kier alpha value is -1.59. The summed E-state index contributed by atoms with van der Waals surface area (Å²) in [5, 5.41) is 2.07. The summed E-state index contributed by atoms with van der Waals surface area (Å²) in [6.07, 6.45) is 1.95. The number of hydrogen-bond donors (Lipinski definition) is 0. The van der Waals surface area contributed by atoms with Crippen molar-refractivity contribution in [3.63, 3.8) is 0 Å². The lowest BCUT2D eigenvalue weighted by Gasteiger charge is -2.08. The van der Waals surface area contributed by atoms with E-state index in [9.17, 15) is 0 Å². The van der Waals surface area contributed by atoms with Gasteiger partial charge in [0.1, 0.15) is 5.82 Å². The standard InChI is InChI=1S/C15H10BrN3S/c1-8-18-13(15-14(19-8)12(16)7-20-15)10-4-2-3-9-5-17-6-11(9)10/h2-4,6-7H,5H2,1H3. The van der Waals surface area contributed by atoms with E-state index in [0.29, 0.717) is 0 Å². The third-order valence-corrected chi connectivity index (χ3v) is 5.30. The van der Waals surface area contributed by atoms with Crippen molar-refractivity contribution in [2.75, 3.05) is 0 Å². The van der Waals surface area contributed by atoms with Gasteiger partial charge in [0.25, 0.3) is 0 Å². The topological polar surface area (TPSA) is 38.1 Å². The second kappa shape index (κ2) is 4.46. The molecule has 5 heteroatoms. The minimum absolute atomic E-state index is 0.768. The molecule has 0 radical (unpaired) electrons. The van der Waals surface area contributed by atoms with Crippen LogP contribution >= 0.6 is 27.3 Å². The van der Waals surface area contributed by atoms with Crippen LogP contribution in [0.3, 0.4) is 0 Å². The van der Waals surface area contributed by atoms with Crippen molar-refractivity contribution in [2.24, 2.45) is 4.99 Å². The van der Waals surface area contributed by atoms with E-state index in [1.807, 2.05) is 13.1 Å². The van der Waals surface area contributed by atoms with Crippen LogP contribution in [0.5, 0.6) is 0 Å². The minimum atomic E-state index is 0.768. The van der Waals surface area contributed by atoms with Gasteiger partial charge in [-0.1, -0.05) is 18.2 Å². The Morgan fingerprint density at radius 2 is 2.15 bits per heavy atom. The molecule has 98 valence electrons. The zero-order valence-electron chi connectivity index (χ0n) is 10.7. The Morgan fingerprint density at radius 3 is 3.05 bits per heavy atom. The fourth-order valence-electron chi connectivity index (χ4n) is 2.53. The van der Waals surface area contributed by atoms with Crippen LogP contribution in [0.15, 0.2) is 33.0 Å². The van der Waals surface area contributed by atoms with Crippen molar-refractivity contribution in [3.05, 3.63) is 45.0 Å². The molecule has 0 saturated heterocycles. The Labute approximate surface area is 128 Å². The monoisotopic (exact) mass is 343 g/mol. The van der Waals surface area contributed by atoms with E-state index >= 15 is 0 Å². The first-order chi connectivity index (χ1) is 9.74. The summed E-state index contributed by atoms with van der Waals surface area (Å²) in [5.74, 6) is 0.791. The van der Waals surface area contributed by atoms with E-state index in [1.165, 1.54) is 11.1 Å². The first-order valence-corrected chi connectivity index (χ1v) is 7.95. The lowest BCUT2D eigenvalue weighted by Crippen LogP contribution is -1.96. The number of thiophene rings is 1. The van der Waals surface area contributed by atoms with Gasteiger partial charge in [0, 0.05) is 22.7 Å². The SMILES string of the molecule is Cc1nc(-c2cccc3c2C=NC3)c2scc(Br)c2n1. The van der Waals surface area contributed by atoms with Gasteiger partial charge in [-0.25, -0.2) is 9.97 Å². The normalized spacial score (nSPS) is 13.1. The number of benzene rings is 1. The van der Waals surface area contributed by atoms with Gasteiger partial charge in [0.2, 0.25) is 0 Å². The molecule has 3 aromatic rings. The van der Waals surface area contributed by atoms with E-state index in [0.717, 1.165) is 38.3 Å². The first-order valence-electron chi connectivity index (χ1n) is 6.27. The molecule has 0 amide bonds. The van der Waals surface area contributed by atoms with Crippen LogP contribution in [-0.2, 0) is 6.54 Å². The number of aryl methyl sites for hydroxylation is 1. The van der Waals surface area contributed by atoms with Gasteiger partial charge in [-0.05, 0) is 28.4 Å². The number of nitrogens with zero attached hydrogens (tertiary/aromatic N) is 3. The molecule has 3 nitrogen and oxygen atoms in total. The Morgan fingerprint density at radius 1 is 1.25 bits per heavy atom. The highest BCUT2D eigenvalue weighted by Crippen LogP contribution is 2.37. The molecule has 1 aromatic carbocycles. The van der Waals surface area contributed by atoms with Gasteiger partial charge < -0.3 is 0 Å². The smallest absolute Gasteiger partial charge is 0.126 e. The zero-order chi connectivity index (χ0) is 13.7. The summed E-state index contributed by atoms with van der Waals surface area (Å²) in [7, 11) is 0. The number of aromatic nitrogens is 2. The fraction of sp³-hybridized carbons (Fsp3) is 0.133. The Kier molecular flexibility index (Phi) is 2.72. The largest absolute Gasteiger partial charge is 0.288 e. The zero-order valence-corrected chi connectivity index (χ0v) is 13.1. The van der Waals surface area contributed by atoms with Crippen LogP contribution in [0.25, 0.3) is 21.5 Å². The van der Waals surface area contributed by atoms with E-state index in [2.05, 4.69) is 54.5 Å². The van der Waals surface area contributed by atoms with Crippen LogP contribution in [-0.4, -0.2) is 16.2 Å². The average Bonchev–Trinajstić information content (AvgIpc) is 3.05. The highest BCUT2D eigenvalue weighted by atomic mass is 79.9. The highest BCUT2D eigenvalue weighted by Gasteiger charge is 2.18. The summed E-state index contributed by atoms with van der Waals surface area (Å²) in [5.41, 5.74) is 5.60. The first kappa shape index (κ1) is 12.2. The maximum atomic E-state index is 4.68. The lowest BCUT2D eigenvalue weighted by atomic mass is 10.0. The third kappa shape index (κ3) is 1.73. The summed E-state index contributed by atoms with van der Waals surface area (Å²) >= 11 is 5.24. The molecular formula is C15H10BrN3S. The molecule has 0 saturated carbocycles. The van der Waals surface area contributed by atoms with Crippen molar-refractivity contribution >= 4 is 43.7 Å². The predicted octanol–water partition coefficient (Wildman–Crippen LogP) is 4.36. The third-order valence-electron chi connectivity index (χ3n) is 3.42. The molecule has 0 fully saturated rings. The predicted molar refractivity (Wildman–Crippen MR) is 86.6 cm³/mol. The number of fused-ring (bicyclic) bond motifs is 2. The van der Waals surface area contributed by atoms with E-state index in [-0.39, 0.29) is 0 Å². The van der Waals surface area contributed by atoms with Crippen molar-refractivity contribution in [2.45, 2.75) is 13.5 Å². The van der Waals surface area contributed by atoms with Crippen LogP contribution < -0.4 is 0 Å². The van der Waals surface area contributed by atoms with Crippen molar-refractivity contribution in [1.82, 2.24) is 9.97 Å². The minimum Gasteiger partial charge on any atom is -0.288 e. The maximum absolute atomic E-state index is 4.68. The molecule has 1 aliphatic rings. The van der Waals surface area contributed by atoms with Gasteiger partial charge in [-0.3, -0.25) is 4.99 Å². The van der Waals surface area contributed by atoms with Crippen molar-refractivity contribution in [1.29, 1.82) is 0 Å². The molecule has 0 unspecified atom stereocenters. The van der Waals surface area contributed by atoms with Gasteiger partial charge in [-0.2, -0.15) is 0 Å². The molecule has 0 atom stereocenters. The van der Waals surface area contributed by atoms with E-state index in [4.69, 9.17) is 0 Å². The molecule has 1 aliphatic heterocycles. The van der Waals surface area contributed by atoms with Crippen molar-refractivity contribution < 1.29 is 0 Å². The second-order valence-corrected chi connectivity index (χ2v) is 6.46. The van der Waals surface area contributed by atoms with E-state index in [1.54, 1.807) is 11.3 Å². The van der Waals surface area contributed by atoms with E-state index < -0.39 is 0 Å². The number of aliphatic imine (C=N–C) groups is 1. The van der Waals surface area contributed by atoms with Crippen LogP contribution in [0.1, 0.15) is 17.0 Å². The maximum Gasteiger partial charge on any atom is 0.126 e. The molecule has 3 heterocycles. The molecule has 0 bridgehead atoms. The van der Waals surface area contributed by atoms with Crippen LogP contribution in [0, 0.1) is 6.92 Å². The van der Waals surface area contributed by atoms with Crippen LogP contribution in [0.2, 0.25) is 0 Å². The van der Waals surface area contributed by atoms with Crippen molar-refractivity contribution in [3.8, 4) is 11.3 Å². The molecule has 0 aliphatic carbocycles. The average molecular weight is 344 g/mol. The fourth-order valence-corrected chi connectivity index (χ4v) is 4.10. The molecule has 0 N–H and O–H groups in total. The summed E-state index contributed by atoms with van der Waals surface area (Å²) < 4.78 is 2.15. The van der Waals surface area contributed by atoms with Crippen LogP contribution in [0.4, 0.5) is 0 Å². The van der Waals surface area contributed by atoms with Gasteiger partial charge in [-0.15, -0.1) is 11.3 Å². The molecule has 0 spiro atoms. The quantitative estimate of drug-likeness (QED) is 0.658.